The third-order valence-electron chi connectivity index (χ3n) is 2.33. The minimum atomic E-state index is 0.0319. The average molecular weight is 252 g/mol. The van der Waals surface area contributed by atoms with Crippen molar-refractivity contribution in [2.24, 2.45) is 5.73 Å². The molecule has 0 aliphatic heterocycles. The standard InChI is InChI=1S/C13H20N2OS/c1-3-7-15-13(16)9-17-12-6-4-5-11(8-12)10(2)14/h4-6,8,10H,3,7,9,14H2,1-2H3,(H,15,16). The molecule has 0 spiro atoms. The molecule has 3 N–H and O–H groups in total. The van der Waals surface area contributed by atoms with Gasteiger partial charge in [-0.25, -0.2) is 0 Å². The molecule has 1 unspecified atom stereocenters. The molecule has 0 radical (unpaired) electrons. The molecule has 94 valence electrons. The highest BCUT2D eigenvalue weighted by Gasteiger charge is 2.04. The van der Waals surface area contributed by atoms with Gasteiger partial charge in [0.1, 0.15) is 0 Å². The molecule has 0 bridgehead atoms. The van der Waals surface area contributed by atoms with Crippen LogP contribution < -0.4 is 11.1 Å². The van der Waals surface area contributed by atoms with Gasteiger partial charge in [-0.1, -0.05) is 19.1 Å². The summed E-state index contributed by atoms with van der Waals surface area (Å²) in [5, 5.41) is 2.86. The number of carbonyl (C=O) groups is 1. The van der Waals surface area contributed by atoms with E-state index in [2.05, 4.69) is 5.32 Å². The Morgan fingerprint density at radius 2 is 2.29 bits per heavy atom. The van der Waals surface area contributed by atoms with Crippen LogP contribution in [-0.4, -0.2) is 18.2 Å². The highest BCUT2D eigenvalue weighted by molar-refractivity contribution is 8.00. The van der Waals surface area contributed by atoms with Gasteiger partial charge >= 0.3 is 0 Å². The molecular weight excluding hydrogens is 232 g/mol. The van der Waals surface area contributed by atoms with E-state index in [0.717, 1.165) is 23.4 Å². The first-order valence-corrected chi connectivity index (χ1v) is 6.87. The summed E-state index contributed by atoms with van der Waals surface area (Å²) in [5.41, 5.74) is 6.92. The van der Waals surface area contributed by atoms with E-state index in [9.17, 15) is 4.79 Å². The Hall–Kier alpha value is -1.00. The number of hydrogen-bond acceptors (Lipinski definition) is 3. The molecule has 0 fully saturated rings. The number of nitrogens with two attached hydrogens (primary N) is 1. The molecular formula is C13H20N2OS. The largest absolute Gasteiger partial charge is 0.355 e. The van der Waals surface area contributed by atoms with Crippen LogP contribution in [0.4, 0.5) is 0 Å². The van der Waals surface area contributed by atoms with Crippen LogP contribution in [0.1, 0.15) is 31.9 Å². The molecule has 0 heterocycles. The quantitative estimate of drug-likeness (QED) is 0.764. The van der Waals surface area contributed by atoms with E-state index < -0.39 is 0 Å². The molecule has 0 aromatic heterocycles. The topological polar surface area (TPSA) is 55.1 Å². The van der Waals surface area contributed by atoms with Crippen LogP contribution in [0.25, 0.3) is 0 Å². The summed E-state index contributed by atoms with van der Waals surface area (Å²) in [6, 6.07) is 8.06. The maximum absolute atomic E-state index is 11.4. The lowest BCUT2D eigenvalue weighted by Crippen LogP contribution is -2.25. The maximum Gasteiger partial charge on any atom is 0.230 e. The smallest absolute Gasteiger partial charge is 0.230 e. The summed E-state index contributed by atoms with van der Waals surface area (Å²) < 4.78 is 0. The monoisotopic (exact) mass is 252 g/mol. The highest BCUT2D eigenvalue weighted by atomic mass is 32.2. The zero-order chi connectivity index (χ0) is 12.7. The zero-order valence-electron chi connectivity index (χ0n) is 10.4. The Labute approximate surface area is 107 Å². The lowest BCUT2D eigenvalue weighted by Gasteiger charge is -2.08. The molecule has 1 amide bonds. The van der Waals surface area contributed by atoms with Gasteiger partial charge in [0.15, 0.2) is 0 Å². The normalized spacial score (nSPS) is 12.2. The van der Waals surface area contributed by atoms with Gasteiger partial charge in [0.2, 0.25) is 5.91 Å². The minimum Gasteiger partial charge on any atom is -0.355 e. The molecule has 1 aromatic rings. The maximum atomic E-state index is 11.4. The molecule has 0 aliphatic rings. The van der Waals surface area contributed by atoms with E-state index in [-0.39, 0.29) is 11.9 Å². The molecule has 0 saturated carbocycles. The summed E-state index contributed by atoms with van der Waals surface area (Å²) in [7, 11) is 0. The lowest BCUT2D eigenvalue weighted by molar-refractivity contribution is -0.118. The van der Waals surface area contributed by atoms with Crippen LogP contribution in [0.15, 0.2) is 29.2 Å². The van der Waals surface area contributed by atoms with E-state index in [4.69, 9.17) is 5.73 Å². The predicted octanol–water partition coefficient (Wildman–Crippen LogP) is 2.32. The van der Waals surface area contributed by atoms with Crippen molar-refractivity contribution in [3.05, 3.63) is 29.8 Å². The second-order valence-corrected chi connectivity index (χ2v) is 5.05. The first-order valence-electron chi connectivity index (χ1n) is 5.88. The van der Waals surface area contributed by atoms with Gasteiger partial charge in [-0.15, -0.1) is 11.8 Å². The fourth-order valence-corrected chi connectivity index (χ4v) is 2.15. The summed E-state index contributed by atoms with van der Waals surface area (Å²) in [5.74, 6) is 0.547. The van der Waals surface area contributed by atoms with Gasteiger partial charge in [-0.05, 0) is 31.0 Å². The second kappa shape index (κ2) is 7.35. The van der Waals surface area contributed by atoms with E-state index in [1.165, 1.54) is 0 Å². The van der Waals surface area contributed by atoms with Gasteiger partial charge in [-0.3, -0.25) is 4.79 Å². The molecule has 17 heavy (non-hydrogen) atoms. The third-order valence-corrected chi connectivity index (χ3v) is 3.32. The highest BCUT2D eigenvalue weighted by Crippen LogP contribution is 2.21. The predicted molar refractivity (Wildman–Crippen MR) is 73.1 cm³/mol. The van der Waals surface area contributed by atoms with Gasteiger partial charge in [0, 0.05) is 17.5 Å². The van der Waals surface area contributed by atoms with Crippen molar-refractivity contribution in [2.75, 3.05) is 12.3 Å². The first kappa shape index (κ1) is 14.1. The number of amides is 1. The van der Waals surface area contributed by atoms with Gasteiger partial charge in [0.25, 0.3) is 0 Å². The summed E-state index contributed by atoms with van der Waals surface area (Å²) in [4.78, 5) is 12.5. The molecule has 1 atom stereocenters. The Morgan fingerprint density at radius 1 is 1.53 bits per heavy atom. The van der Waals surface area contributed by atoms with Crippen molar-refractivity contribution in [3.63, 3.8) is 0 Å². The van der Waals surface area contributed by atoms with Gasteiger partial charge in [0.05, 0.1) is 5.75 Å². The summed E-state index contributed by atoms with van der Waals surface area (Å²) in [6.07, 6.45) is 0.969. The van der Waals surface area contributed by atoms with E-state index in [1.54, 1.807) is 11.8 Å². The summed E-state index contributed by atoms with van der Waals surface area (Å²) >= 11 is 1.54. The number of thioether (sulfide) groups is 1. The Morgan fingerprint density at radius 3 is 2.94 bits per heavy atom. The fourth-order valence-electron chi connectivity index (χ4n) is 1.35. The van der Waals surface area contributed by atoms with E-state index in [1.807, 2.05) is 38.1 Å². The molecule has 4 heteroatoms. The number of nitrogens with one attached hydrogen (secondary N) is 1. The van der Waals surface area contributed by atoms with Crippen LogP contribution in [0, 0.1) is 0 Å². The van der Waals surface area contributed by atoms with Crippen LogP contribution in [0.5, 0.6) is 0 Å². The van der Waals surface area contributed by atoms with Crippen molar-refractivity contribution in [1.82, 2.24) is 5.32 Å². The second-order valence-electron chi connectivity index (χ2n) is 4.00. The molecule has 1 rings (SSSR count). The fraction of sp³-hybridized carbons (Fsp3) is 0.462. The van der Waals surface area contributed by atoms with Gasteiger partial charge < -0.3 is 11.1 Å². The van der Waals surface area contributed by atoms with Gasteiger partial charge in [-0.2, -0.15) is 0 Å². The Balaban J connectivity index is 2.46. The van der Waals surface area contributed by atoms with E-state index >= 15 is 0 Å². The van der Waals surface area contributed by atoms with Crippen LogP contribution in [0.2, 0.25) is 0 Å². The zero-order valence-corrected chi connectivity index (χ0v) is 11.2. The molecule has 1 aromatic carbocycles. The minimum absolute atomic E-state index is 0.0319. The molecule has 3 nitrogen and oxygen atoms in total. The number of carbonyl (C=O) groups excluding carboxylic acids is 1. The lowest BCUT2D eigenvalue weighted by atomic mass is 10.1. The average Bonchev–Trinajstić information content (AvgIpc) is 2.34. The van der Waals surface area contributed by atoms with Crippen molar-refractivity contribution in [1.29, 1.82) is 0 Å². The molecule has 0 saturated heterocycles. The van der Waals surface area contributed by atoms with Crippen molar-refractivity contribution in [2.45, 2.75) is 31.2 Å². The van der Waals surface area contributed by atoms with Crippen molar-refractivity contribution >= 4 is 17.7 Å². The molecule has 0 aliphatic carbocycles. The Bertz CT molecular complexity index is 366. The van der Waals surface area contributed by atoms with E-state index in [0.29, 0.717) is 5.75 Å². The van der Waals surface area contributed by atoms with Crippen LogP contribution >= 0.6 is 11.8 Å². The van der Waals surface area contributed by atoms with Crippen molar-refractivity contribution in [3.8, 4) is 0 Å². The Kier molecular flexibility index (Phi) is 6.08. The number of rotatable bonds is 6. The summed E-state index contributed by atoms with van der Waals surface area (Å²) in [6.45, 7) is 4.75. The number of hydrogen-bond donors (Lipinski definition) is 2. The SMILES string of the molecule is CCCNC(=O)CSc1cccc(C(C)N)c1. The van der Waals surface area contributed by atoms with Crippen LogP contribution in [0.3, 0.4) is 0 Å². The van der Waals surface area contributed by atoms with Crippen molar-refractivity contribution < 1.29 is 4.79 Å². The third kappa shape index (κ3) is 5.24. The van der Waals surface area contributed by atoms with Crippen LogP contribution in [-0.2, 0) is 4.79 Å². The number of benzene rings is 1. The first-order chi connectivity index (χ1) is 8.13.